The third-order valence-corrected chi connectivity index (χ3v) is 3.73. The van der Waals surface area contributed by atoms with Gasteiger partial charge in [0.1, 0.15) is 11.6 Å². The van der Waals surface area contributed by atoms with Crippen LogP contribution in [0.15, 0.2) is 12.1 Å². The number of halogens is 2. The topological polar surface area (TPSA) is 39.1 Å². The quantitative estimate of drug-likeness (QED) is 0.919. The van der Waals surface area contributed by atoms with Gasteiger partial charge >= 0.3 is 0 Å². The summed E-state index contributed by atoms with van der Waals surface area (Å²) in [6.07, 6.45) is 2.32. The van der Waals surface area contributed by atoms with Crippen LogP contribution < -0.4 is 5.32 Å². The number of nitriles is 1. The van der Waals surface area contributed by atoms with E-state index in [1.165, 1.54) is 6.42 Å². The number of hydrogen-bond acceptors (Lipinski definition) is 3. The van der Waals surface area contributed by atoms with Crippen molar-refractivity contribution in [2.75, 3.05) is 26.7 Å². The highest BCUT2D eigenvalue weighted by molar-refractivity contribution is 5.34. The van der Waals surface area contributed by atoms with Gasteiger partial charge in [-0.25, -0.2) is 8.78 Å². The summed E-state index contributed by atoms with van der Waals surface area (Å²) in [4.78, 5) is 2.28. The van der Waals surface area contributed by atoms with E-state index in [1.807, 2.05) is 0 Å². The summed E-state index contributed by atoms with van der Waals surface area (Å²) in [5.41, 5.74) is 0.0193. The summed E-state index contributed by atoms with van der Waals surface area (Å²) >= 11 is 0. The first-order valence-corrected chi connectivity index (χ1v) is 6.87. The number of rotatable bonds is 4. The van der Waals surface area contributed by atoms with Crippen LogP contribution in [0.5, 0.6) is 0 Å². The summed E-state index contributed by atoms with van der Waals surface area (Å²) < 4.78 is 27.4. The van der Waals surface area contributed by atoms with E-state index in [0.29, 0.717) is 5.92 Å². The molecule has 1 aromatic carbocycles. The molecule has 1 atom stereocenters. The van der Waals surface area contributed by atoms with Gasteiger partial charge < -0.3 is 10.2 Å². The molecule has 0 amide bonds. The number of benzene rings is 1. The average Bonchev–Trinajstić information content (AvgIpc) is 2.41. The Balaban J connectivity index is 1.90. The fraction of sp³-hybridized carbons (Fsp3) is 0.533. The second-order valence-corrected chi connectivity index (χ2v) is 5.43. The Labute approximate surface area is 118 Å². The molecule has 0 bridgehead atoms. The summed E-state index contributed by atoms with van der Waals surface area (Å²) in [7, 11) is 2.09. The fourth-order valence-corrected chi connectivity index (χ4v) is 2.68. The summed E-state index contributed by atoms with van der Waals surface area (Å²) in [5.74, 6) is -0.789. The first-order chi connectivity index (χ1) is 9.60. The molecule has 1 unspecified atom stereocenters. The maximum atomic E-state index is 13.7. The van der Waals surface area contributed by atoms with Crippen molar-refractivity contribution in [3.63, 3.8) is 0 Å². The Bertz CT molecular complexity index is 487. The van der Waals surface area contributed by atoms with E-state index in [0.717, 1.165) is 38.2 Å². The molecule has 0 aliphatic carbocycles. The molecular weight excluding hydrogens is 260 g/mol. The molecular formula is C15H19F2N3. The van der Waals surface area contributed by atoms with E-state index < -0.39 is 11.6 Å². The first kappa shape index (κ1) is 14.9. The highest BCUT2D eigenvalue weighted by Crippen LogP contribution is 2.17. The van der Waals surface area contributed by atoms with Gasteiger partial charge in [0.05, 0.1) is 11.6 Å². The van der Waals surface area contributed by atoms with Gasteiger partial charge in [-0.3, -0.25) is 0 Å². The molecule has 3 nitrogen and oxygen atoms in total. The van der Waals surface area contributed by atoms with Gasteiger partial charge in [0.2, 0.25) is 0 Å². The molecule has 0 aromatic heterocycles. The van der Waals surface area contributed by atoms with E-state index in [9.17, 15) is 8.78 Å². The van der Waals surface area contributed by atoms with E-state index in [4.69, 9.17) is 5.26 Å². The van der Waals surface area contributed by atoms with Crippen molar-refractivity contribution >= 4 is 0 Å². The van der Waals surface area contributed by atoms with Gasteiger partial charge in [0, 0.05) is 18.7 Å². The highest BCUT2D eigenvalue weighted by Gasteiger charge is 2.17. The molecule has 0 saturated carbocycles. The normalized spacial score (nSPS) is 19.8. The largest absolute Gasteiger partial charge is 0.312 e. The minimum atomic E-state index is -0.658. The molecule has 1 aromatic rings. The number of hydrogen-bond donors (Lipinski definition) is 1. The number of nitrogens with one attached hydrogen (secondary N) is 1. The lowest BCUT2D eigenvalue weighted by atomic mass is 9.98. The zero-order valence-corrected chi connectivity index (χ0v) is 11.6. The zero-order valence-electron chi connectivity index (χ0n) is 11.6. The zero-order chi connectivity index (χ0) is 14.5. The summed E-state index contributed by atoms with van der Waals surface area (Å²) in [6, 6.07) is 3.90. The van der Waals surface area contributed by atoms with E-state index >= 15 is 0 Å². The smallest absolute Gasteiger partial charge is 0.131 e. The van der Waals surface area contributed by atoms with Crippen LogP contribution in [-0.2, 0) is 6.54 Å². The minimum absolute atomic E-state index is 0.00756. The van der Waals surface area contributed by atoms with Crippen LogP contribution in [0.4, 0.5) is 8.78 Å². The van der Waals surface area contributed by atoms with Crippen molar-refractivity contribution in [3.05, 3.63) is 34.9 Å². The molecule has 1 aliphatic heterocycles. The number of nitrogens with zero attached hydrogens (tertiary/aromatic N) is 2. The maximum Gasteiger partial charge on any atom is 0.131 e. The molecule has 0 spiro atoms. The lowest BCUT2D eigenvalue weighted by molar-refractivity contribution is 0.206. The van der Waals surface area contributed by atoms with Crippen LogP contribution in [-0.4, -0.2) is 31.6 Å². The monoisotopic (exact) mass is 279 g/mol. The van der Waals surface area contributed by atoms with Crippen LogP contribution in [0.3, 0.4) is 0 Å². The van der Waals surface area contributed by atoms with Crippen molar-refractivity contribution in [2.24, 2.45) is 5.92 Å². The molecule has 20 heavy (non-hydrogen) atoms. The third-order valence-electron chi connectivity index (χ3n) is 3.73. The Kier molecular flexibility index (Phi) is 5.05. The van der Waals surface area contributed by atoms with Crippen LogP contribution in [0.2, 0.25) is 0 Å². The summed E-state index contributed by atoms with van der Waals surface area (Å²) in [6.45, 7) is 3.05. The van der Waals surface area contributed by atoms with Crippen molar-refractivity contribution in [1.82, 2.24) is 10.2 Å². The highest BCUT2D eigenvalue weighted by atomic mass is 19.1. The SMILES string of the molecule is CN1CCCC(CNCc2c(F)cc(C#N)cc2F)C1. The summed E-state index contributed by atoms with van der Waals surface area (Å²) in [5, 5.41) is 11.8. The minimum Gasteiger partial charge on any atom is -0.312 e. The molecule has 1 heterocycles. The van der Waals surface area contributed by atoms with Crippen LogP contribution >= 0.6 is 0 Å². The Morgan fingerprint density at radius 1 is 1.40 bits per heavy atom. The lowest BCUT2D eigenvalue weighted by Crippen LogP contribution is -2.37. The van der Waals surface area contributed by atoms with Crippen molar-refractivity contribution < 1.29 is 8.78 Å². The Morgan fingerprint density at radius 3 is 2.70 bits per heavy atom. The van der Waals surface area contributed by atoms with Gasteiger partial charge in [-0.1, -0.05) is 0 Å². The molecule has 1 aliphatic rings. The van der Waals surface area contributed by atoms with Gasteiger partial charge in [-0.15, -0.1) is 0 Å². The fourth-order valence-electron chi connectivity index (χ4n) is 2.68. The Morgan fingerprint density at radius 2 is 2.10 bits per heavy atom. The van der Waals surface area contributed by atoms with E-state index in [2.05, 4.69) is 17.3 Å². The maximum absolute atomic E-state index is 13.7. The van der Waals surface area contributed by atoms with Crippen molar-refractivity contribution in [2.45, 2.75) is 19.4 Å². The predicted molar refractivity (Wildman–Crippen MR) is 73.0 cm³/mol. The molecule has 0 radical (unpaired) electrons. The van der Waals surface area contributed by atoms with Gasteiger partial charge in [0.25, 0.3) is 0 Å². The number of likely N-dealkylation sites (tertiary alicyclic amines) is 1. The van der Waals surface area contributed by atoms with E-state index in [1.54, 1.807) is 6.07 Å². The first-order valence-electron chi connectivity index (χ1n) is 6.87. The van der Waals surface area contributed by atoms with Crippen LogP contribution in [0.25, 0.3) is 0 Å². The van der Waals surface area contributed by atoms with Crippen LogP contribution in [0.1, 0.15) is 24.0 Å². The van der Waals surface area contributed by atoms with Crippen molar-refractivity contribution in [1.29, 1.82) is 5.26 Å². The lowest BCUT2D eigenvalue weighted by Gasteiger charge is -2.29. The van der Waals surface area contributed by atoms with Gasteiger partial charge in [0.15, 0.2) is 0 Å². The molecule has 1 N–H and O–H groups in total. The molecule has 108 valence electrons. The Hall–Kier alpha value is -1.51. The molecule has 5 heteroatoms. The molecule has 2 rings (SSSR count). The average molecular weight is 279 g/mol. The van der Waals surface area contributed by atoms with Crippen molar-refractivity contribution in [3.8, 4) is 6.07 Å². The molecule has 1 fully saturated rings. The second kappa shape index (κ2) is 6.78. The van der Waals surface area contributed by atoms with Gasteiger partial charge in [-0.05, 0) is 51.0 Å². The van der Waals surface area contributed by atoms with E-state index in [-0.39, 0.29) is 17.7 Å². The number of piperidine rings is 1. The second-order valence-electron chi connectivity index (χ2n) is 5.43. The third kappa shape index (κ3) is 3.75. The standard InChI is InChI=1S/C15H19F2N3/c1-20-4-2-3-11(10-20)8-19-9-13-14(16)5-12(7-18)6-15(13)17/h5-6,11,19H,2-4,8-10H2,1H3. The van der Waals surface area contributed by atoms with Crippen LogP contribution in [0, 0.1) is 28.9 Å². The van der Waals surface area contributed by atoms with Gasteiger partial charge in [-0.2, -0.15) is 5.26 Å². The predicted octanol–water partition coefficient (Wildman–Crippen LogP) is 2.27. The molecule has 1 saturated heterocycles.